The van der Waals surface area contributed by atoms with Gasteiger partial charge in [-0.15, -0.1) is 5.10 Å². The molecular weight excluding hydrogens is 297 g/mol. The van der Waals surface area contributed by atoms with Crippen LogP contribution in [0.3, 0.4) is 0 Å². The number of aromatic amines is 1. The van der Waals surface area contributed by atoms with Crippen molar-refractivity contribution in [3.05, 3.63) is 28.2 Å². The molecule has 3 rings (SSSR count). The van der Waals surface area contributed by atoms with Crippen LogP contribution in [0.15, 0.2) is 18.2 Å². The summed E-state index contributed by atoms with van der Waals surface area (Å²) >= 11 is 11.9. The van der Waals surface area contributed by atoms with Crippen molar-refractivity contribution in [2.24, 2.45) is 0 Å². The SMILES string of the molecule is Clc1ccc(-c2nc(N3CCCNCC3)n[nH]2)cc1Cl. The number of nitrogens with zero attached hydrogens (tertiary/aromatic N) is 3. The average molecular weight is 312 g/mol. The lowest BCUT2D eigenvalue weighted by atomic mass is 10.2. The summed E-state index contributed by atoms with van der Waals surface area (Å²) in [5.41, 5.74) is 0.881. The van der Waals surface area contributed by atoms with Crippen LogP contribution in [0.25, 0.3) is 11.4 Å². The molecule has 0 radical (unpaired) electrons. The van der Waals surface area contributed by atoms with E-state index < -0.39 is 0 Å². The van der Waals surface area contributed by atoms with Crippen molar-refractivity contribution in [2.75, 3.05) is 31.1 Å². The van der Waals surface area contributed by atoms with E-state index in [1.54, 1.807) is 12.1 Å². The molecule has 0 unspecified atom stereocenters. The first-order valence-electron chi connectivity index (χ1n) is 6.57. The second kappa shape index (κ2) is 5.99. The van der Waals surface area contributed by atoms with Gasteiger partial charge in [0.1, 0.15) is 0 Å². The predicted octanol–water partition coefficient (Wildman–Crippen LogP) is 2.58. The summed E-state index contributed by atoms with van der Waals surface area (Å²) in [5, 5.41) is 11.7. The molecule has 0 amide bonds. The van der Waals surface area contributed by atoms with Gasteiger partial charge in [-0.2, -0.15) is 4.98 Å². The number of H-pyrrole nitrogens is 1. The minimum atomic E-state index is 0.515. The zero-order chi connectivity index (χ0) is 13.9. The maximum atomic E-state index is 6.03. The molecule has 1 saturated heterocycles. The normalized spacial score (nSPS) is 16.2. The quantitative estimate of drug-likeness (QED) is 0.895. The second-order valence-electron chi connectivity index (χ2n) is 4.70. The lowest BCUT2D eigenvalue weighted by Crippen LogP contribution is -2.28. The van der Waals surface area contributed by atoms with E-state index in [9.17, 15) is 0 Å². The first-order chi connectivity index (χ1) is 9.74. The van der Waals surface area contributed by atoms with Crippen molar-refractivity contribution in [3.8, 4) is 11.4 Å². The monoisotopic (exact) mass is 311 g/mol. The first-order valence-corrected chi connectivity index (χ1v) is 7.33. The molecule has 0 bridgehead atoms. The highest BCUT2D eigenvalue weighted by molar-refractivity contribution is 6.42. The Balaban J connectivity index is 1.83. The summed E-state index contributed by atoms with van der Waals surface area (Å²) in [6.07, 6.45) is 1.09. The third-order valence-electron chi connectivity index (χ3n) is 3.29. The van der Waals surface area contributed by atoms with E-state index >= 15 is 0 Å². The Kier molecular flexibility index (Phi) is 4.10. The molecule has 1 aromatic carbocycles. The number of aromatic nitrogens is 3. The minimum Gasteiger partial charge on any atom is -0.338 e. The number of hydrogen-bond acceptors (Lipinski definition) is 4. The van der Waals surface area contributed by atoms with Gasteiger partial charge in [-0.3, -0.25) is 5.10 Å². The molecule has 7 heteroatoms. The third kappa shape index (κ3) is 2.90. The topological polar surface area (TPSA) is 56.8 Å². The number of anilines is 1. The lowest BCUT2D eigenvalue weighted by Gasteiger charge is -2.16. The van der Waals surface area contributed by atoms with Crippen LogP contribution in [0, 0.1) is 0 Å². The van der Waals surface area contributed by atoms with Crippen LogP contribution >= 0.6 is 23.2 Å². The van der Waals surface area contributed by atoms with E-state index in [1.807, 2.05) is 6.07 Å². The van der Waals surface area contributed by atoms with Gasteiger partial charge in [0, 0.05) is 25.2 Å². The molecule has 0 aliphatic carbocycles. The highest BCUT2D eigenvalue weighted by Crippen LogP contribution is 2.27. The molecule has 2 heterocycles. The van der Waals surface area contributed by atoms with Crippen LogP contribution in [0.2, 0.25) is 10.0 Å². The molecule has 2 N–H and O–H groups in total. The Morgan fingerprint density at radius 1 is 1.10 bits per heavy atom. The van der Waals surface area contributed by atoms with Crippen LogP contribution in [0.4, 0.5) is 5.95 Å². The van der Waals surface area contributed by atoms with Crippen molar-refractivity contribution >= 4 is 29.2 Å². The van der Waals surface area contributed by atoms with Crippen LogP contribution in [0.1, 0.15) is 6.42 Å². The van der Waals surface area contributed by atoms with Crippen LogP contribution in [-0.4, -0.2) is 41.4 Å². The smallest absolute Gasteiger partial charge is 0.245 e. The van der Waals surface area contributed by atoms with Gasteiger partial charge in [0.05, 0.1) is 10.0 Å². The van der Waals surface area contributed by atoms with Crippen molar-refractivity contribution in [3.63, 3.8) is 0 Å². The highest BCUT2D eigenvalue weighted by atomic mass is 35.5. The third-order valence-corrected chi connectivity index (χ3v) is 4.03. The fourth-order valence-electron chi connectivity index (χ4n) is 2.21. The van der Waals surface area contributed by atoms with Crippen molar-refractivity contribution in [1.82, 2.24) is 20.5 Å². The Hall–Kier alpha value is -1.30. The summed E-state index contributed by atoms with van der Waals surface area (Å²) in [6, 6.07) is 5.43. The summed E-state index contributed by atoms with van der Waals surface area (Å²) in [7, 11) is 0. The zero-order valence-electron chi connectivity index (χ0n) is 10.9. The van der Waals surface area contributed by atoms with Crippen molar-refractivity contribution < 1.29 is 0 Å². The molecule has 5 nitrogen and oxygen atoms in total. The largest absolute Gasteiger partial charge is 0.338 e. The van der Waals surface area contributed by atoms with Gasteiger partial charge in [0.2, 0.25) is 5.95 Å². The van der Waals surface area contributed by atoms with E-state index in [1.165, 1.54) is 0 Å². The van der Waals surface area contributed by atoms with E-state index in [2.05, 4.69) is 25.4 Å². The summed E-state index contributed by atoms with van der Waals surface area (Å²) in [6.45, 7) is 3.88. The van der Waals surface area contributed by atoms with E-state index in [0.29, 0.717) is 15.9 Å². The number of rotatable bonds is 2. The maximum absolute atomic E-state index is 6.03. The Morgan fingerprint density at radius 3 is 2.85 bits per heavy atom. The summed E-state index contributed by atoms with van der Waals surface area (Å²) in [4.78, 5) is 6.72. The number of hydrogen-bond donors (Lipinski definition) is 2. The Labute approximate surface area is 127 Å². The molecule has 0 spiro atoms. The zero-order valence-corrected chi connectivity index (χ0v) is 12.4. The molecule has 1 aromatic heterocycles. The standard InChI is InChI=1S/C13H15Cl2N5/c14-10-3-2-9(8-11(10)15)12-17-13(19-18-12)20-6-1-4-16-5-7-20/h2-3,8,16H,1,4-7H2,(H,17,18,19). The predicted molar refractivity (Wildman–Crippen MR) is 81.5 cm³/mol. The first kappa shape index (κ1) is 13.7. The molecular formula is C13H15Cl2N5. The highest BCUT2D eigenvalue weighted by Gasteiger charge is 2.15. The molecule has 1 aliphatic heterocycles. The van der Waals surface area contributed by atoms with Gasteiger partial charge in [0.15, 0.2) is 5.82 Å². The fraction of sp³-hybridized carbons (Fsp3) is 0.385. The van der Waals surface area contributed by atoms with Gasteiger partial charge in [-0.05, 0) is 31.2 Å². The molecule has 0 atom stereocenters. The van der Waals surface area contributed by atoms with Gasteiger partial charge < -0.3 is 10.2 Å². The van der Waals surface area contributed by atoms with Crippen molar-refractivity contribution in [1.29, 1.82) is 0 Å². The van der Waals surface area contributed by atoms with Gasteiger partial charge >= 0.3 is 0 Å². The Bertz CT molecular complexity index is 590. The molecule has 20 heavy (non-hydrogen) atoms. The van der Waals surface area contributed by atoms with Gasteiger partial charge in [-0.25, -0.2) is 0 Å². The van der Waals surface area contributed by atoms with Crippen LogP contribution < -0.4 is 10.2 Å². The summed E-state index contributed by atoms with van der Waals surface area (Å²) < 4.78 is 0. The molecule has 1 fully saturated rings. The van der Waals surface area contributed by atoms with Gasteiger partial charge in [0.25, 0.3) is 0 Å². The average Bonchev–Trinajstić information content (AvgIpc) is 2.78. The minimum absolute atomic E-state index is 0.515. The van der Waals surface area contributed by atoms with E-state index in [4.69, 9.17) is 23.2 Å². The van der Waals surface area contributed by atoms with Gasteiger partial charge in [-0.1, -0.05) is 23.2 Å². The Morgan fingerprint density at radius 2 is 2.00 bits per heavy atom. The fourth-order valence-corrected chi connectivity index (χ4v) is 2.51. The number of halogens is 2. The number of benzene rings is 1. The molecule has 0 saturated carbocycles. The second-order valence-corrected chi connectivity index (χ2v) is 5.52. The summed E-state index contributed by atoms with van der Waals surface area (Å²) in [5.74, 6) is 1.44. The van der Waals surface area contributed by atoms with Crippen LogP contribution in [0.5, 0.6) is 0 Å². The van der Waals surface area contributed by atoms with Crippen molar-refractivity contribution in [2.45, 2.75) is 6.42 Å². The lowest BCUT2D eigenvalue weighted by molar-refractivity contribution is 0.724. The molecule has 2 aromatic rings. The molecule has 106 valence electrons. The number of nitrogens with one attached hydrogen (secondary N) is 2. The molecule has 1 aliphatic rings. The van der Waals surface area contributed by atoms with E-state index in [-0.39, 0.29) is 0 Å². The maximum Gasteiger partial charge on any atom is 0.245 e. The van der Waals surface area contributed by atoms with Crippen LogP contribution in [-0.2, 0) is 0 Å². The van der Waals surface area contributed by atoms with E-state index in [0.717, 1.165) is 44.1 Å².